The number of benzene rings is 3. The monoisotopic (exact) mass is 464 g/mol. The van der Waals surface area contributed by atoms with E-state index in [1.807, 2.05) is 36.4 Å². The Morgan fingerprint density at radius 3 is 2.14 bits per heavy atom. The van der Waals surface area contributed by atoms with Crippen molar-refractivity contribution in [3.63, 3.8) is 0 Å². The number of nitrogens with one attached hydrogen (secondary N) is 2. The Balaban J connectivity index is 1.77. The van der Waals surface area contributed by atoms with Gasteiger partial charge < -0.3 is 10.6 Å². The normalized spacial score (nSPS) is 19.4. The second-order valence-electron chi connectivity index (χ2n) is 6.65. The minimum atomic E-state index is -1.13. The number of amidine groups is 1. The number of aliphatic imine (C=N–C) groups is 1. The fraction of sp³-hybridized carbons (Fsp3) is 0.0952. The summed E-state index contributed by atoms with van der Waals surface area (Å²) in [5.41, 5.74) is 9.06. The van der Waals surface area contributed by atoms with Crippen molar-refractivity contribution < 1.29 is 0 Å². The Morgan fingerprint density at radius 2 is 1.45 bits per heavy atom. The van der Waals surface area contributed by atoms with Crippen LogP contribution in [0, 0.1) is 0 Å². The summed E-state index contributed by atoms with van der Waals surface area (Å²) in [5.74, 6) is 0.542. The van der Waals surface area contributed by atoms with Crippen LogP contribution in [-0.4, -0.2) is 5.84 Å². The molecule has 0 radical (unpaired) electrons. The molecular formula is C21H16Cl4N4. The Bertz CT molecular complexity index is 1120. The lowest BCUT2D eigenvalue weighted by Gasteiger charge is -2.39. The molecule has 1 atom stereocenters. The van der Waals surface area contributed by atoms with Crippen molar-refractivity contribution in [3.8, 4) is 0 Å². The molecule has 0 spiro atoms. The van der Waals surface area contributed by atoms with Crippen molar-refractivity contribution >= 4 is 63.6 Å². The highest BCUT2D eigenvalue weighted by Gasteiger charge is 2.38. The van der Waals surface area contributed by atoms with Crippen LogP contribution in [-0.2, 0) is 12.2 Å². The van der Waals surface area contributed by atoms with Gasteiger partial charge in [-0.2, -0.15) is 0 Å². The molecule has 3 aromatic carbocycles. The Morgan fingerprint density at radius 1 is 0.793 bits per heavy atom. The Labute approximate surface area is 188 Å². The summed E-state index contributed by atoms with van der Waals surface area (Å²) in [6, 6.07) is 18.4. The van der Waals surface area contributed by atoms with Gasteiger partial charge in [-0.05, 0) is 42.0 Å². The smallest absolute Gasteiger partial charge is 0.172 e. The lowest BCUT2D eigenvalue weighted by molar-refractivity contribution is 0.681. The van der Waals surface area contributed by atoms with E-state index in [1.165, 1.54) is 0 Å². The van der Waals surface area contributed by atoms with E-state index in [9.17, 15) is 0 Å². The molecule has 1 heterocycles. The minimum Gasteiger partial charge on any atom is -0.356 e. The van der Waals surface area contributed by atoms with Crippen LogP contribution in [0.3, 0.4) is 0 Å². The summed E-state index contributed by atoms with van der Waals surface area (Å²) < 4.78 is 0. The summed E-state index contributed by atoms with van der Waals surface area (Å²) in [6.07, 6.45) is 0. The number of anilines is 2. The number of hydrogen-bond donors (Lipinski definition) is 3. The molecule has 1 aliphatic heterocycles. The van der Waals surface area contributed by atoms with Gasteiger partial charge in [0, 0.05) is 5.56 Å². The van der Waals surface area contributed by atoms with Crippen LogP contribution in [0.25, 0.3) is 0 Å². The van der Waals surface area contributed by atoms with Gasteiger partial charge in [0.05, 0.1) is 38.0 Å². The Hall–Kier alpha value is -1.95. The second kappa shape index (κ2) is 8.05. The van der Waals surface area contributed by atoms with Gasteiger partial charge in [-0.25, -0.2) is 0 Å². The maximum atomic E-state index is 6.82. The molecule has 4 nitrogen and oxygen atoms in total. The summed E-state index contributed by atoms with van der Waals surface area (Å²) in [4.78, 5) is 4.75. The van der Waals surface area contributed by atoms with Gasteiger partial charge in [-0.1, -0.05) is 70.7 Å². The molecule has 0 amide bonds. The average Bonchev–Trinajstić information content (AvgIpc) is 2.71. The molecule has 4 rings (SSSR count). The first-order chi connectivity index (χ1) is 13.9. The standard InChI is InChI=1S/C21H16Cl4N4/c22-14-7-5-12(9-16(14)24)11-27-20-21(26,13-6-8-15(23)17(25)10-13)29-19-4-2-1-3-18(19)28-20/h1-10,29H,11,26H2,(H,27,28). The number of para-hydroxylation sites is 2. The van der Waals surface area contributed by atoms with Gasteiger partial charge in [0.2, 0.25) is 0 Å². The fourth-order valence-corrected chi connectivity index (χ4v) is 3.74. The lowest BCUT2D eigenvalue weighted by atomic mass is 9.95. The molecule has 1 aliphatic rings. The third-order valence-corrected chi connectivity index (χ3v) is 6.14. The Kier molecular flexibility index (Phi) is 5.65. The van der Waals surface area contributed by atoms with Crippen LogP contribution in [0.1, 0.15) is 11.1 Å². The van der Waals surface area contributed by atoms with E-state index in [-0.39, 0.29) is 0 Å². The molecule has 0 fully saturated rings. The highest BCUT2D eigenvalue weighted by molar-refractivity contribution is 6.42. The number of fused-ring (bicyclic) bond motifs is 1. The molecule has 0 saturated carbocycles. The zero-order chi connectivity index (χ0) is 20.6. The zero-order valence-electron chi connectivity index (χ0n) is 15.0. The molecule has 0 aliphatic carbocycles. The molecule has 0 saturated heterocycles. The maximum Gasteiger partial charge on any atom is 0.172 e. The molecule has 3 aromatic rings. The average molecular weight is 466 g/mol. The zero-order valence-corrected chi connectivity index (χ0v) is 18.0. The van der Waals surface area contributed by atoms with Gasteiger partial charge in [-0.3, -0.25) is 10.7 Å². The predicted molar refractivity (Wildman–Crippen MR) is 124 cm³/mol. The van der Waals surface area contributed by atoms with E-state index in [2.05, 4.69) is 10.6 Å². The van der Waals surface area contributed by atoms with Gasteiger partial charge in [0.1, 0.15) is 5.84 Å². The molecule has 0 aromatic heterocycles. The van der Waals surface area contributed by atoms with Gasteiger partial charge in [-0.15, -0.1) is 0 Å². The van der Waals surface area contributed by atoms with Crippen molar-refractivity contribution in [3.05, 3.63) is 91.9 Å². The van der Waals surface area contributed by atoms with Crippen LogP contribution >= 0.6 is 46.4 Å². The molecule has 8 heteroatoms. The van der Waals surface area contributed by atoms with Crippen molar-refractivity contribution in [1.82, 2.24) is 0 Å². The molecule has 148 valence electrons. The van der Waals surface area contributed by atoms with E-state index in [0.29, 0.717) is 32.5 Å². The number of halogens is 4. The first-order valence-corrected chi connectivity index (χ1v) is 10.3. The molecule has 0 bridgehead atoms. The minimum absolute atomic E-state index is 0.364. The van der Waals surface area contributed by atoms with Crippen LogP contribution in [0.15, 0.2) is 65.7 Å². The SMILES string of the molecule is NC1(c2ccc(Cl)c(Cl)c2)Nc2ccccc2NC1=NCc1ccc(Cl)c(Cl)c1. The van der Waals surface area contributed by atoms with Crippen LogP contribution < -0.4 is 16.4 Å². The first-order valence-electron chi connectivity index (χ1n) is 8.74. The summed E-state index contributed by atoms with van der Waals surface area (Å²) in [6.45, 7) is 0.364. The van der Waals surface area contributed by atoms with Crippen molar-refractivity contribution in [2.75, 3.05) is 10.6 Å². The maximum absolute atomic E-state index is 6.82. The van der Waals surface area contributed by atoms with Crippen molar-refractivity contribution in [2.24, 2.45) is 10.7 Å². The number of nitrogens with two attached hydrogens (primary N) is 1. The first kappa shape index (κ1) is 20.3. The van der Waals surface area contributed by atoms with Gasteiger partial charge in [0.15, 0.2) is 5.66 Å². The van der Waals surface area contributed by atoms with E-state index in [4.69, 9.17) is 57.1 Å². The summed E-state index contributed by atoms with van der Waals surface area (Å²) in [7, 11) is 0. The number of hydrogen-bond acceptors (Lipinski definition) is 3. The molecule has 4 N–H and O–H groups in total. The number of rotatable bonds is 3. The van der Waals surface area contributed by atoms with Crippen molar-refractivity contribution in [2.45, 2.75) is 12.2 Å². The van der Waals surface area contributed by atoms with Crippen LogP contribution in [0.2, 0.25) is 20.1 Å². The van der Waals surface area contributed by atoms with E-state index < -0.39 is 5.66 Å². The van der Waals surface area contributed by atoms with Crippen molar-refractivity contribution in [1.29, 1.82) is 0 Å². The van der Waals surface area contributed by atoms with Crippen LogP contribution in [0.4, 0.5) is 11.4 Å². The quantitative estimate of drug-likeness (QED) is 0.411. The second-order valence-corrected chi connectivity index (χ2v) is 8.27. The topological polar surface area (TPSA) is 62.4 Å². The summed E-state index contributed by atoms with van der Waals surface area (Å²) in [5, 5.41) is 8.57. The largest absolute Gasteiger partial charge is 0.356 e. The highest BCUT2D eigenvalue weighted by atomic mass is 35.5. The van der Waals surface area contributed by atoms with Gasteiger partial charge >= 0.3 is 0 Å². The van der Waals surface area contributed by atoms with Crippen LogP contribution in [0.5, 0.6) is 0 Å². The molecule has 29 heavy (non-hydrogen) atoms. The van der Waals surface area contributed by atoms with E-state index >= 15 is 0 Å². The number of nitrogens with zero attached hydrogens (tertiary/aromatic N) is 1. The third kappa shape index (κ3) is 4.04. The molecular weight excluding hydrogens is 450 g/mol. The van der Waals surface area contributed by atoms with E-state index in [0.717, 1.165) is 22.5 Å². The predicted octanol–water partition coefficient (Wildman–Crippen LogP) is 6.55. The van der Waals surface area contributed by atoms with Gasteiger partial charge in [0.25, 0.3) is 0 Å². The lowest BCUT2D eigenvalue weighted by Crippen LogP contribution is -2.56. The highest BCUT2D eigenvalue weighted by Crippen LogP contribution is 2.36. The summed E-state index contributed by atoms with van der Waals surface area (Å²) >= 11 is 24.5. The fourth-order valence-electron chi connectivity index (χ4n) is 3.12. The third-order valence-electron chi connectivity index (χ3n) is 4.66. The van der Waals surface area contributed by atoms with E-state index in [1.54, 1.807) is 24.3 Å². The molecule has 1 unspecified atom stereocenters.